The van der Waals surface area contributed by atoms with Gasteiger partial charge in [0.1, 0.15) is 6.10 Å². The van der Waals surface area contributed by atoms with Crippen LogP contribution in [0.5, 0.6) is 0 Å². The van der Waals surface area contributed by atoms with Gasteiger partial charge >= 0.3 is 0 Å². The minimum atomic E-state index is -1.49. The molecule has 4 rings (SSSR count). The molecule has 0 unspecified atom stereocenters. The molecule has 8 nitrogen and oxygen atoms in total. The Morgan fingerprint density at radius 2 is 1.90 bits per heavy atom. The average molecular weight is 419 g/mol. The normalized spacial score (nSPS) is 47.6. The number of ketones is 2. The van der Waals surface area contributed by atoms with Gasteiger partial charge < -0.3 is 24.9 Å². The molecule has 0 radical (unpaired) electrons. The van der Waals surface area contributed by atoms with Crippen molar-refractivity contribution in [1.29, 1.82) is 0 Å². The van der Waals surface area contributed by atoms with Crippen LogP contribution in [-0.4, -0.2) is 52.5 Å². The van der Waals surface area contributed by atoms with Gasteiger partial charge in [-0.05, 0) is 37.0 Å². The minimum Gasteiger partial charge on any atom is -0.550 e. The number of fused-ring (bicyclic) bond motifs is 2. The van der Waals surface area contributed by atoms with Gasteiger partial charge in [-0.1, -0.05) is 27.2 Å². The maximum Gasteiger partial charge on any atom is 0.293 e. The number of aliphatic hydroxyl groups is 2. The zero-order chi connectivity index (χ0) is 22.2. The van der Waals surface area contributed by atoms with Crippen molar-refractivity contribution in [3.63, 3.8) is 0 Å². The Labute approximate surface area is 174 Å². The second-order valence-corrected chi connectivity index (χ2v) is 10.1. The van der Waals surface area contributed by atoms with Crippen molar-refractivity contribution in [2.24, 2.45) is 28.1 Å². The molecule has 1 spiro atoms. The Morgan fingerprint density at radius 3 is 2.43 bits per heavy atom. The lowest BCUT2D eigenvalue weighted by Gasteiger charge is -2.59. The molecule has 8 heteroatoms. The number of hydrogen-bond acceptors (Lipinski definition) is 8. The van der Waals surface area contributed by atoms with Gasteiger partial charge in [-0.3, -0.25) is 14.4 Å². The fourth-order valence-electron chi connectivity index (χ4n) is 7.09. The van der Waals surface area contributed by atoms with E-state index < -0.39 is 58.0 Å². The van der Waals surface area contributed by atoms with Gasteiger partial charge in [0.05, 0.1) is 11.5 Å². The average Bonchev–Trinajstić information content (AvgIpc) is 3.31. The molecule has 164 valence electrons. The predicted octanol–water partition coefficient (Wildman–Crippen LogP) is -0.309. The number of carbonyl (C=O) groups is 4. The quantitative estimate of drug-likeness (QED) is 0.591. The van der Waals surface area contributed by atoms with Gasteiger partial charge in [-0.25, -0.2) is 0 Å². The highest BCUT2D eigenvalue weighted by molar-refractivity contribution is 6.19. The molecule has 0 saturated heterocycles. The van der Waals surface area contributed by atoms with Crippen LogP contribution in [0.4, 0.5) is 0 Å². The molecular formula is C22H27O8-. The second-order valence-electron chi connectivity index (χ2n) is 10.1. The van der Waals surface area contributed by atoms with E-state index in [1.165, 1.54) is 0 Å². The molecule has 2 saturated carbocycles. The monoisotopic (exact) mass is 419 g/mol. The van der Waals surface area contributed by atoms with Gasteiger partial charge in [0.25, 0.3) is 6.47 Å². The van der Waals surface area contributed by atoms with Crippen LogP contribution < -0.4 is 5.11 Å². The van der Waals surface area contributed by atoms with E-state index in [0.717, 1.165) is 0 Å². The molecule has 0 bridgehead atoms. The van der Waals surface area contributed by atoms with Gasteiger partial charge in [0.15, 0.2) is 17.7 Å². The van der Waals surface area contributed by atoms with Crippen LogP contribution in [0.25, 0.3) is 0 Å². The Hall–Kier alpha value is -2.06. The van der Waals surface area contributed by atoms with E-state index in [4.69, 9.17) is 4.74 Å². The van der Waals surface area contributed by atoms with Crippen LogP contribution >= 0.6 is 0 Å². The van der Waals surface area contributed by atoms with Gasteiger partial charge in [-0.15, -0.1) is 0 Å². The standard InChI is InChI=1S/C22H28O8/c1-10-7-22(10)18(28)12-13(14(26)19(22)29)21(3)6-4-5-20(2,8-11(24)25)17(21)15(27)16(12)30-9-23/h9-10,15-17,19,27,29H,4-8H2,1-3H3,(H,24,25)/p-1/t10-,15+,16-,17-,19-,20+,21+,22+/m0/s1. The number of aliphatic hydroxyl groups excluding tert-OH is 2. The third-order valence-corrected chi connectivity index (χ3v) is 8.42. The van der Waals surface area contributed by atoms with E-state index in [-0.39, 0.29) is 30.0 Å². The summed E-state index contributed by atoms with van der Waals surface area (Å²) >= 11 is 0. The lowest BCUT2D eigenvalue weighted by atomic mass is 9.45. The molecule has 8 atom stereocenters. The summed E-state index contributed by atoms with van der Waals surface area (Å²) in [4.78, 5) is 49.7. The minimum absolute atomic E-state index is 0.0225. The van der Waals surface area contributed by atoms with Gasteiger partial charge in [0, 0.05) is 28.4 Å². The van der Waals surface area contributed by atoms with Crippen molar-refractivity contribution in [3.8, 4) is 0 Å². The van der Waals surface area contributed by atoms with E-state index in [9.17, 15) is 34.5 Å². The highest BCUT2D eigenvalue weighted by atomic mass is 16.5. The van der Waals surface area contributed by atoms with Crippen LogP contribution in [0.15, 0.2) is 11.1 Å². The molecule has 4 aliphatic rings. The van der Waals surface area contributed by atoms with Crippen molar-refractivity contribution in [2.45, 2.75) is 71.2 Å². The molecule has 2 N–H and O–H groups in total. The molecule has 0 aromatic carbocycles. The number of Topliss-reactive ketones (excluding diaryl/α,β-unsaturated/α-hetero) is 2. The van der Waals surface area contributed by atoms with Crippen LogP contribution in [0.1, 0.15) is 52.9 Å². The van der Waals surface area contributed by atoms with Crippen molar-refractivity contribution < 1.29 is 39.2 Å². The molecule has 0 amide bonds. The predicted molar refractivity (Wildman–Crippen MR) is 99.4 cm³/mol. The number of aliphatic carboxylic acids is 1. The first-order valence-corrected chi connectivity index (χ1v) is 10.4. The Balaban J connectivity index is 1.95. The number of hydrogen-bond donors (Lipinski definition) is 2. The molecule has 0 aromatic heterocycles. The Kier molecular flexibility index (Phi) is 4.57. The van der Waals surface area contributed by atoms with Crippen molar-refractivity contribution in [1.82, 2.24) is 0 Å². The first-order chi connectivity index (χ1) is 14.0. The number of ether oxygens (including phenoxy) is 1. The Bertz CT molecular complexity index is 876. The summed E-state index contributed by atoms with van der Waals surface area (Å²) in [5.74, 6) is -3.28. The molecular weight excluding hydrogens is 392 g/mol. The summed E-state index contributed by atoms with van der Waals surface area (Å²) in [6.45, 7) is 5.36. The third-order valence-electron chi connectivity index (χ3n) is 8.42. The fourth-order valence-corrected chi connectivity index (χ4v) is 7.09. The molecule has 2 fully saturated rings. The summed E-state index contributed by atoms with van der Waals surface area (Å²) < 4.78 is 5.16. The lowest BCUT2D eigenvalue weighted by molar-refractivity contribution is -0.310. The molecule has 30 heavy (non-hydrogen) atoms. The van der Waals surface area contributed by atoms with E-state index in [2.05, 4.69) is 0 Å². The number of carboxylic acid groups (broad SMARTS) is 1. The first-order valence-electron chi connectivity index (χ1n) is 10.4. The van der Waals surface area contributed by atoms with Crippen LogP contribution in [0.2, 0.25) is 0 Å². The lowest BCUT2D eigenvalue weighted by Crippen LogP contribution is -2.64. The summed E-state index contributed by atoms with van der Waals surface area (Å²) in [6.07, 6.45) is -2.71. The zero-order valence-electron chi connectivity index (χ0n) is 17.3. The van der Waals surface area contributed by atoms with Gasteiger partial charge in [0.2, 0.25) is 0 Å². The SMILES string of the molecule is C[C@H]1C[C@]12C(=O)C1=C(C(=O)[C@@H]2O)[C@@]2(C)CCC[C@](C)(CC(=O)[O-])[C@@H]2[C@H](O)[C@H]1OC=O. The third kappa shape index (κ3) is 2.46. The topological polar surface area (TPSA) is 141 Å². The molecule has 4 aliphatic carbocycles. The molecule has 0 heterocycles. The number of rotatable bonds is 4. The second kappa shape index (κ2) is 6.47. The van der Waals surface area contributed by atoms with E-state index in [0.29, 0.717) is 25.7 Å². The van der Waals surface area contributed by atoms with E-state index in [1.807, 2.05) is 0 Å². The highest BCUT2D eigenvalue weighted by Crippen LogP contribution is 2.66. The van der Waals surface area contributed by atoms with E-state index in [1.54, 1.807) is 20.8 Å². The largest absolute Gasteiger partial charge is 0.550 e. The van der Waals surface area contributed by atoms with Crippen molar-refractivity contribution in [2.75, 3.05) is 0 Å². The maximum atomic E-state index is 13.5. The van der Waals surface area contributed by atoms with Crippen LogP contribution in [-0.2, 0) is 23.9 Å². The summed E-state index contributed by atoms with van der Waals surface area (Å²) in [6, 6.07) is 0. The van der Waals surface area contributed by atoms with Crippen molar-refractivity contribution >= 4 is 24.0 Å². The highest BCUT2D eigenvalue weighted by Gasteiger charge is 2.72. The summed E-state index contributed by atoms with van der Waals surface area (Å²) in [5.41, 5.74) is -3.13. The summed E-state index contributed by atoms with van der Waals surface area (Å²) in [5, 5.41) is 33.6. The van der Waals surface area contributed by atoms with Gasteiger partial charge in [-0.2, -0.15) is 0 Å². The summed E-state index contributed by atoms with van der Waals surface area (Å²) in [7, 11) is 0. The van der Waals surface area contributed by atoms with Crippen molar-refractivity contribution in [3.05, 3.63) is 11.1 Å². The first kappa shape index (κ1) is 21.2. The maximum absolute atomic E-state index is 13.5. The van der Waals surface area contributed by atoms with Crippen LogP contribution in [0, 0.1) is 28.1 Å². The smallest absolute Gasteiger partial charge is 0.293 e. The number of carboxylic acids is 1. The molecule has 0 aliphatic heterocycles. The molecule has 0 aromatic rings. The zero-order valence-corrected chi connectivity index (χ0v) is 17.3. The Morgan fingerprint density at radius 1 is 1.27 bits per heavy atom. The number of carbonyl (C=O) groups excluding carboxylic acids is 4. The van der Waals surface area contributed by atoms with Crippen LogP contribution in [0.3, 0.4) is 0 Å². The van der Waals surface area contributed by atoms with E-state index >= 15 is 0 Å². The fraction of sp³-hybridized carbons (Fsp3) is 0.727.